The first-order valence-corrected chi connectivity index (χ1v) is 12.7. The number of hydrogen-bond donors (Lipinski definition) is 1. The Morgan fingerprint density at radius 2 is 1.84 bits per heavy atom. The highest BCUT2D eigenvalue weighted by molar-refractivity contribution is 5.77. The van der Waals surface area contributed by atoms with Crippen molar-refractivity contribution in [1.82, 2.24) is 10.2 Å². The van der Waals surface area contributed by atoms with Crippen molar-refractivity contribution in [2.24, 2.45) is 5.92 Å². The monoisotopic (exact) mass is 427 g/mol. The molecule has 2 fully saturated rings. The molecule has 0 spiro atoms. The van der Waals surface area contributed by atoms with Crippen molar-refractivity contribution in [1.29, 1.82) is 0 Å². The molecule has 3 aliphatic rings. The van der Waals surface area contributed by atoms with Crippen molar-refractivity contribution < 1.29 is 9.53 Å². The molecule has 1 saturated heterocycles. The molecule has 0 aromatic heterocycles. The molecule has 0 unspecified atom stereocenters. The van der Waals surface area contributed by atoms with E-state index >= 15 is 0 Å². The van der Waals surface area contributed by atoms with Gasteiger partial charge in [-0.15, -0.1) is 0 Å². The van der Waals surface area contributed by atoms with Gasteiger partial charge in [-0.25, -0.2) is 0 Å². The standard InChI is InChI=1S/C26H41N3O2/c1-2-31-20-26(30)27-23-12-10-21(11-13-23)14-15-28-16-18-29(19-17-28)25-9-5-7-22-6-3-4-8-24(22)25/h5,7,9,21,23H,2-4,6,8,10-20H2,1H3,(H,27,30)/t21-,23-. The zero-order valence-corrected chi connectivity index (χ0v) is 19.4. The van der Waals surface area contributed by atoms with Crippen LogP contribution in [-0.2, 0) is 22.4 Å². The van der Waals surface area contributed by atoms with Crippen LogP contribution in [0.2, 0.25) is 0 Å². The molecule has 31 heavy (non-hydrogen) atoms. The molecule has 1 amide bonds. The zero-order chi connectivity index (χ0) is 21.5. The van der Waals surface area contributed by atoms with Crippen LogP contribution in [0.5, 0.6) is 0 Å². The fraction of sp³-hybridized carbons (Fsp3) is 0.731. The van der Waals surface area contributed by atoms with E-state index < -0.39 is 0 Å². The van der Waals surface area contributed by atoms with E-state index in [0.29, 0.717) is 12.6 Å². The molecule has 5 nitrogen and oxygen atoms in total. The third kappa shape index (κ3) is 6.23. The molecular formula is C26H41N3O2. The van der Waals surface area contributed by atoms with Crippen LogP contribution in [0.3, 0.4) is 0 Å². The van der Waals surface area contributed by atoms with Gasteiger partial charge >= 0.3 is 0 Å². The molecule has 1 aromatic carbocycles. The maximum atomic E-state index is 11.8. The van der Waals surface area contributed by atoms with Crippen LogP contribution in [0.15, 0.2) is 18.2 Å². The van der Waals surface area contributed by atoms with Gasteiger partial charge in [0.1, 0.15) is 6.61 Å². The number of carbonyl (C=O) groups excluding carboxylic acids is 1. The Bertz CT molecular complexity index is 707. The van der Waals surface area contributed by atoms with E-state index in [2.05, 4.69) is 33.3 Å². The first-order valence-electron chi connectivity index (χ1n) is 12.7. The molecule has 1 aromatic rings. The summed E-state index contributed by atoms with van der Waals surface area (Å²) >= 11 is 0. The summed E-state index contributed by atoms with van der Waals surface area (Å²) in [5.41, 5.74) is 4.74. The molecule has 0 bridgehead atoms. The van der Waals surface area contributed by atoms with Crippen molar-refractivity contribution in [3.63, 3.8) is 0 Å². The van der Waals surface area contributed by atoms with E-state index in [9.17, 15) is 4.79 Å². The molecule has 2 aliphatic carbocycles. The topological polar surface area (TPSA) is 44.8 Å². The fourth-order valence-electron chi connectivity index (χ4n) is 5.69. The van der Waals surface area contributed by atoms with E-state index in [1.165, 1.54) is 70.3 Å². The second-order valence-corrected chi connectivity index (χ2v) is 9.66. The predicted octanol–water partition coefficient (Wildman–Crippen LogP) is 3.79. The van der Waals surface area contributed by atoms with Crippen LogP contribution < -0.4 is 10.2 Å². The van der Waals surface area contributed by atoms with Gasteiger partial charge in [0.05, 0.1) is 0 Å². The summed E-state index contributed by atoms with van der Waals surface area (Å²) in [5.74, 6) is 0.863. The van der Waals surface area contributed by atoms with Crippen LogP contribution in [0, 0.1) is 5.92 Å². The van der Waals surface area contributed by atoms with Gasteiger partial charge in [-0.3, -0.25) is 9.69 Å². The number of rotatable bonds is 8. The third-order valence-corrected chi connectivity index (χ3v) is 7.59. The number of hydrogen-bond acceptors (Lipinski definition) is 4. The summed E-state index contributed by atoms with van der Waals surface area (Å²) < 4.78 is 5.21. The Morgan fingerprint density at radius 3 is 2.61 bits per heavy atom. The van der Waals surface area contributed by atoms with Crippen LogP contribution in [0.4, 0.5) is 5.69 Å². The number of fused-ring (bicyclic) bond motifs is 1. The smallest absolute Gasteiger partial charge is 0.246 e. The van der Waals surface area contributed by atoms with Crippen molar-refractivity contribution in [2.45, 2.75) is 70.8 Å². The van der Waals surface area contributed by atoms with Gasteiger partial charge < -0.3 is 15.0 Å². The maximum Gasteiger partial charge on any atom is 0.246 e. The average Bonchev–Trinajstić information content (AvgIpc) is 2.82. The minimum absolute atomic E-state index is 0.0443. The highest BCUT2D eigenvalue weighted by Gasteiger charge is 2.25. The molecule has 0 radical (unpaired) electrons. The number of benzene rings is 1. The quantitative estimate of drug-likeness (QED) is 0.686. The van der Waals surface area contributed by atoms with E-state index in [1.807, 2.05) is 6.92 Å². The Kier molecular flexibility index (Phi) is 8.26. The number of ether oxygens (including phenoxy) is 1. The Morgan fingerprint density at radius 1 is 1.06 bits per heavy atom. The van der Waals surface area contributed by atoms with Gasteiger partial charge in [0.25, 0.3) is 0 Å². The number of nitrogens with one attached hydrogen (secondary N) is 1. The lowest BCUT2D eigenvalue weighted by molar-refractivity contribution is -0.126. The number of piperazine rings is 1. The lowest BCUT2D eigenvalue weighted by atomic mass is 9.84. The first kappa shape index (κ1) is 22.6. The summed E-state index contributed by atoms with van der Waals surface area (Å²) in [5, 5.41) is 3.14. The van der Waals surface area contributed by atoms with Crippen LogP contribution in [0.25, 0.3) is 0 Å². The highest BCUT2D eigenvalue weighted by atomic mass is 16.5. The third-order valence-electron chi connectivity index (χ3n) is 7.59. The molecule has 1 saturated carbocycles. The SMILES string of the molecule is CCOCC(=O)N[C@H]1CC[C@H](CCN2CCN(c3cccc4c3CCCC4)CC2)CC1. The van der Waals surface area contributed by atoms with Gasteiger partial charge in [-0.1, -0.05) is 12.1 Å². The minimum Gasteiger partial charge on any atom is -0.372 e. The van der Waals surface area contributed by atoms with Crippen molar-refractivity contribution >= 4 is 11.6 Å². The lowest BCUT2D eigenvalue weighted by Gasteiger charge is -2.38. The summed E-state index contributed by atoms with van der Waals surface area (Å²) in [6.07, 6.45) is 11.3. The second kappa shape index (κ2) is 11.3. The molecule has 172 valence electrons. The Labute approximate surface area is 188 Å². The van der Waals surface area contributed by atoms with Crippen molar-refractivity contribution in [3.8, 4) is 0 Å². The van der Waals surface area contributed by atoms with E-state index in [4.69, 9.17) is 4.74 Å². The fourth-order valence-corrected chi connectivity index (χ4v) is 5.69. The van der Waals surface area contributed by atoms with E-state index in [-0.39, 0.29) is 12.5 Å². The van der Waals surface area contributed by atoms with E-state index in [1.54, 1.807) is 11.1 Å². The van der Waals surface area contributed by atoms with Gasteiger partial charge in [0.15, 0.2) is 0 Å². The molecular weight excluding hydrogens is 386 g/mol. The first-order chi connectivity index (χ1) is 15.2. The molecule has 0 atom stereocenters. The van der Waals surface area contributed by atoms with Gasteiger partial charge in [-0.2, -0.15) is 0 Å². The van der Waals surface area contributed by atoms with Crippen LogP contribution in [-0.4, -0.2) is 62.8 Å². The minimum atomic E-state index is 0.0443. The number of nitrogens with zero attached hydrogens (tertiary/aromatic N) is 2. The number of carbonyl (C=O) groups is 1. The zero-order valence-electron chi connectivity index (χ0n) is 19.4. The van der Waals surface area contributed by atoms with Gasteiger partial charge in [0, 0.05) is 44.5 Å². The molecule has 1 N–H and O–H groups in total. The van der Waals surface area contributed by atoms with Gasteiger partial charge in [0.2, 0.25) is 5.91 Å². The normalized spacial score (nSPS) is 24.6. The summed E-state index contributed by atoms with van der Waals surface area (Å²) in [6.45, 7) is 8.65. The molecule has 1 heterocycles. The van der Waals surface area contributed by atoms with E-state index in [0.717, 1.165) is 31.8 Å². The predicted molar refractivity (Wildman–Crippen MR) is 127 cm³/mol. The van der Waals surface area contributed by atoms with Crippen LogP contribution >= 0.6 is 0 Å². The van der Waals surface area contributed by atoms with Gasteiger partial charge in [-0.05, 0) is 94.4 Å². The van der Waals surface area contributed by atoms with Crippen molar-refractivity contribution in [2.75, 3.05) is 50.8 Å². The van der Waals surface area contributed by atoms with Crippen molar-refractivity contribution in [3.05, 3.63) is 29.3 Å². The highest BCUT2D eigenvalue weighted by Crippen LogP contribution is 2.31. The molecule has 1 aliphatic heterocycles. The Balaban J connectivity index is 1.15. The average molecular weight is 428 g/mol. The molecule has 4 rings (SSSR count). The number of anilines is 1. The largest absolute Gasteiger partial charge is 0.372 e. The summed E-state index contributed by atoms with van der Waals surface area (Å²) in [7, 11) is 0. The summed E-state index contributed by atoms with van der Waals surface area (Å²) in [4.78, 5) is 17.1. The molecule has 5 heteroatoms. The maximum absolute atomic E-state index is 11.8. The summed E-state index contributed by atoms with van der Waals surface area (Å²) in [6, 6.07) is 7.31. The number of amides is 1. The second-order valence-electron chi connectivity index (χ2n) is 9.66. The Hall–Kier alpha value is -1.59. The number of aryl methyl sites for hydroxylation is 1. The van der Waals surface area contributed by atoms with Crippen LogP contribution in [0.1, 0.15) is 63.0 Å². The lowest BCUT2D eigenvalue weighted by Crippen LogP contribution is -2.47.